The minimum Gasteiger partial charge on any atom is -0.360 e. The van der Waals surface area contributed by atoms with Crippen molar-refractivity contribution < 1.29 is 14.1 Å². The second kappa shape index (κ2) is 8.14. The molecule has 0 saturated carbocycles. The van der Waals surface area contributed by atoms with Gasteiger partial charge in [0.2, 0.25) is 5.91 Å². The first kappa shape index (κ1) is 18.7. The monoisotopic (exact) mass is 382 g/mol. The Kier molecular flexibility index (Phi) is 5.43. The predicted molar refractivity (Wildman–Crippen MR) is 105 cm³/mol. The van der Waals surface area contributed by atoms with Crippen LogP contribution in [0.3, 0.4) is 0 Å². The highest BCUT2D eigenvalue weighted by Gasteiger charge is 2.29. The Morgan fingerprint density at radius 3 is 2.32 bits per heavy atom. The van der Waals surface area contributed by atoms with E-state index in [2.05, 4.69) is 10.1 Å². The Balaban J connectivity index is 1.39. The fourth-order valence-electron chi connectivity index (χ4n) is 3.94. The quantitative estimate of drug-likeness (QED) is 0.809. The number of hydrogen-bond donors (Lipinski definition) is 0. The Morgan fingerprint density at radius 2 is 1.64 bits per heavy atom. The van der Waals surface area contributed by atoms with Gasteiger partial charge in [0.1, 0.15) is 17.0 Å². The number of aromatic nitrogens is 1. The van der Waals surface area contributed by atoms with Crippen LogP contribution < -0.4 is 0 Å². The molecule has 2 aliphatic rings. The third-order valence-electron chi connectivity index (χ3n) is 5.60. The van der Waals surface area contributed by atoms with Crippen LogP contribution in [-0.4, -0.2) is 77.5 Å². The highest BCUT2D eigenvalue weighted by Crippen LogP contribution is 2.26. The van der Waals surface area contributed by atoms with Gasteiger partial charge < -0.3 is 14.3 Å². The van der Waals surface area contributed by atoms with Gasteiger partial charge in [-0.15, -0.1) is 0 Å². The van der Waals surface area contributed by atoms with E-state index in [0.717, 1.165) is 31.5 Å². The van der Waals surface area contributed by atoms with Crippen molar-refractivity contribution in [3.63, 3.8) is 0 Å². The highest BCUT2D eigenvalue weighted by molar-refractivity contribution is 6.00. The molecular weight excluding hydrogens is 356 g/mol. The molecule has 148 valence electrons. The smallest absolute Gasteiger partial charge is 0.259 e. The average Bonchev–Trinajstić information content (AvgIpc) is 3.39. The van der Waals surface area contributed by atoms with E-state index < -0.39 is 0 Å². The number of hydrogen-bond acceptors (Lipinski definition) is 5. The summed E-state index contributed by atoms with van der Waals surface area (Å²) in [4.78, 5) is 31.4. The minimum absolute atomic E-state index is 0.0527. The number of rotatable bonds is 4. The molecule has 0 spiro atoms. The molecule has 2 fully saturated rings. The largest absolute Gasteiger partial charge is 0.360 e. The number of piperazine rings is 1. The first-order valence-corrected chi connectivity index (χ1v) is 9.94. The lowest BCUT2D eigenvalue weighted by Gasteiger charge is -2.35. The predicted octanol–water partition coefficient (Wildman–Crippen LogP) is 2.03. The molecular formula is C21H26N4O3. The number of amides is 2. The van der Waals surface area contributed by atoms with Gasteiger partial charge in [-0.1, -0.05) is 35.5 Å². The van der Waals surface area contributed by atoms with Crippen LogP contribution in [0.4, 0.5) is 0 Å². The molecule has 0 radical (unpaired) electrons. The van der Waals surface area contributed by atoms with Crippen molar-refractivity contribution in [2.75, 3.05) is 45.8 Å². The van der Waals surface area contributed by atoms with Gasteiger partial charge in [-0.3, -0.25) is 14.5 Å². The SMILES string of the molecule is Cc1onc(-c2ccccc2)c1C(=O)N1CCN(CC(=O)N2CCCC2)CC1. The summed E-state index contributed by atoms with van der Waals surface area (Å²) in [6, 6.07) is 9.63. The van der Waals surface area contributed by atoms with E-state index in [4.69, 9.17) is 4.52 Å². The molecule has 7 heteroatoms. The standard InChI is InChI=1S/C21H26N4O3/c1-16-19(20(22-28-16)17-7-3-2-4-8-17)21(27)25-13-11-23(12-14-25)15-18(26)24-9-5-6-10-24/h2-4,7-8H,5-6,9-15H2,1H3. The van der Waals surface area contributed by atoms with Crippen LogP contribution >= 0.6 is 0 Å². The van der Waals surface area contributed by atoms with Crippen LogP contribution in [0.25, 0.3) is 11.3 Å². The molecule has 28 heavy (non-hydrogen) atoms. The van der Waals surface area contributed by atoms with E-state index >= 15 is 0 Å². The van der Waals surface area contributed by atoms with Gasteiger partial charge in [0.15, 0.2) is 0 Å². The molecule has 7 nitrogen and oxygen atoms in total. The first-order chi connectivity index (χ1) is 13.6. The Morgan fingerprint density at radius 1 is 0.964 bits per heavy atom. The van der Waals surface area contributed by atoms with Gasteiger partial charge in [0.05, 0.1) is 6.54 Å². The van der Waals surface area contributed by atoms with Gasteiger partial charge in [-0.25, -0.2) is 0 Å². The van der Waals surface area contributed by atoms with Crippen LogP contribution in [0.5, 0.6) is 0 Å². The maximum Gasteiger partial charge on any atom is 0.259 e. The number of benzene rings is 1. The second-order valence-electron chi connectivity index (χ2n) is 7.48. The van der Waals surface area contributed by atoms with E-state index in [1.165, 1.54) is 0 Å². The normalized spacial score (nSPS) is 17.9. The van der Waals surface area contributed by atoms with E-state index in [1.54, 1.807) is 6.92 Å². The second-order valence-corrected chi connectivity index (χ2v) is 7.48. The maximum absolute atomic E-state index is 13.1. The summed E-state index contributed by atoms with van der Waals surface area (Å²) < 4.78 is 5.33. The third-order valence-corrected chi connectivity index (χ3v) is 5.60. The van der Waals surface area contributed by atoms with E-state index in [0.29, 0.717) is 49.7 Å². The lowest BCUT2D eigenvalue weighted by atomic mass is 10.0. The van der Waals surface area contributed by atoms with Crippen LogP contribution in [-0.2, 0) is 4.79 Å². The minimum atomic E-state index is -0.0527. The van der Waals surface area contributed by atoms with Crippen molar-refractivity contribution in [1.82, 2.24) is 19.9 Å². The molecule has 3 heterocycles. The van der Waals surface area contributed by atoms with Crippen molar-refractivity contribution in [2.45, 2.75) is 19.8 Å². The van der Waals surface area contributed by atoms with Crippen LogP contribution in [0.1, 0.15) is 29.0 Å². The molecule has 2 saturated heterocycles. The number of likely N-dealkylation sites (tertiary alicyclic amines) is 1. The summed E-state index contributed by atoms with van der Waals surface area (Å²) in [5.74, 6) is 0.692. The Labute approximate surface area is 164 Å². The van der Waals surface area contributed by atoms with Gasteiger partial charge in [0.25, 0.3) is 5.91 Å². The van der Waals surface area contributed by atoms with Crippen molar-refractivity contribution in [1.29, 1.82) is 0 Å². The fourth-order valence-corrected chi connectivity index (χ4v) is 3.94. The number of carbonyl (C=O) groups excluding carboxylic acids is 2. The highest BCUT2D eigenvalue weighted by atomic mass is 16.5. The summed E-state index contributed by atoms with van der Waals surface area (Å²) >= 11 is 0. The summed E-state index contributed by atoms with van der Waals surface area (Å²) in [6.07, 6.45) is 2.21. The van der Waals surface area contributed by atoms with Crippen LogP contribution in [0, 0.1) is 6.92 Å². The molecule has 0 atom stereocenters. The van der Waals surface area contributed by atoms with Crippen molar-refractivity contribution >= 4 is 11.8 Å². The van der Waals surface area contributed by atoms with Crippen molar-refractivity contribution in [3.8, 4) is 11.3 Å². The van der Waals surface area contributed by atoms with E-state index in [1.807, 2.05) is 40.1 Å². The zero-order valence-electron chi connectivity index (χ0n) is 16.3. The van der Waals surface area contributed by atoms with Gasteiger partial charge in [0, 0.05) is 44.8 Å². The van der Waals surface area contributed by atoms with Gasteiger partial charge in [-0.2, -0.15) is 0 Å². The molecule has 1 aromatic heterocycles. The Bertz CT molecular complexity index is 835. The van der Waals surface area contributed by atoms with Crippen molar-refractivity contribution in [3.05, 3.63) is 41.7 Å². The molecule has 2 amide bonds. The van der Waals surface area contributed by atoms with Crippen LogP contribution in [0.2, 0.25) is 0 Å². The lowest BCUT2D eigenvalue weighted by molar-refractivity contribution is -0.131. The number of aryl methyl sites for hydroxylation is 1. The zero-order chi connectivity index (χ0) is 19.5. The molecule has 0 N–H and O–H groups in total. The molecule has 0 aliphatic carbocycles. The molecule has 4 rings (SSSR count). The first-order valence-electron chi connectivity index (χ1n) is 9.94. The van der Waals surface area contributed by atoms with Gasteiger partial charge in [-0.05, 0) is 19.8 Å². The molecule has 0 bridgehead atoms. The lowest BCUT2D eigenvalue weighted by Crippen LogP contribution is -2.51. The molecule has 0 unspecified atom stereocenters. The van der Waals surface area contributed by atoms with Gasteiger partial charge >= 0.3 is 0 Å². The molecule has 1 aromatic carbocycles. The summed E-state index contributed by atoms with van der Waals surface area (Å²) in [5.41, 5.74) is 2.00. The Hall–Kier alpha value is -2.67. The number of carbonyl (C=O) groups is 2. The third kappa shape index (κ3) is 3.80. The zero-order valence-corrected chi connectivity index (χ0v) is 16.3. The van der Waals surface area contributed by atoms with E-state index in [9.17, 15) is 9.59 Å². The average molecular weight is 382 g/mol. The topological polar surface area (TPSA) is 69.9 Å². The van der Waals surface area contributed by atoms with Crippen molar-refractivity contribution in [2.24, 2.45) is 0 Å². The van der Waals surface area contributed by atoms with Crippen LogP contribution in [0.15, 0.2) is 34.9 Å². The molecule has 2 aromatic rings. The summed E-state index contributed by atoms with van der Waals surface area (Å²) in [6.45, 7) is 6.60. The van der Waals surface area contributed by atoms with E-state index in [-0.39, 0.29) is 11.8 Å². The number of nitrogens with zero attached hydrogens (tertiary/aromatic N) is 4. The molecule has 2 aliphatic heterocycles. The summed E-state index contributed by atoms with van der Waals surface area (Å²) in [7, 11) is 0. The maximum atomic E-state index is 13.1. The fraction of sp³-hybridized carbons (Fsp3) is 0.476. The summed E-state index contributed by atoms with van der Waals surface area (Å²) in [5, 5.41) is 4.12.